The van der Waals surface area contributed by atoms with Crippen LogP contribution < -0.4 is 5.32 Å². The number of carbonyl (C=O) groups is 1. The number of aliphatic hydroxyl groups excluding tert-OH is 5. The third-order valence-corrected chi connectivity index (χ3v) is 16.8. The van der Waals surface area contributed by atoms with Crippen LogP contribution in [0.5, 0.6) is 0 Å². The van der Waals surface area contributed by atoms with Gasteiger partial charge in [-0.05, 0) is 96.3 Å². The minimum atomic E-state index is -1.58. The summed E-state index contributed by atoms with van der Waals surface area (Å²) in [5, 5.41) is 54.8. The average Bonchev–Trinajstić information content (AvgIpc) is 3.47. The first-order valence-corrected chi connectivity index (χ1v) is 36.6. The van der Waals surface area contributed by atoms with Crippen LogP contribution >= 0.6 is 0 Å². The summed E-state index contributed by atoms with van der Waals surface area (Å²) in [6.45, 7) is 3.67. The molecular weight excluding hydrogens is 1080 g/mol. The van der Waals surface area contributed by atoms with E-state index in [0.29, 0.717) is 6.42 Å². The Hall–Kier alpha value is -3.15. The van der Waals surface area contributed by atoms with Gasteiger partial charge in [-0.2, -0.15) is 0 Å². The Morgan fingerprint density at radius 1 is 0.402 bits per heavy atom. The van der Waals surface area contributed by atoms with E-state index >= 15 is 0 Å². The molecule has 0 aromatic carbocycles. The van der Waals surface area contributed by atoms with Gasteiger partial charge in [0.15, 0.2) is 6.29 Å². The summed E-state index contributed by atoms with van der Waals surface area (Å²) >= 11 is 0. The van der Waals surface area contributed by atoms with Gasteiger partial charge in [0, 0.05) is 6.42 Å². The maximum atomic E-state index is 13.1. The predicted octanol–water partition coefficient (Wildman–Crippen LogP) is 20.4. The van der Waals surface area contributed by atoms with Gasteiger partial charge in [0.2, 0.25) is 5.91 Å². The Labute approximate surface area is 536 Å². The Bertz CT molecular complexity index is 1750. The molecule has 7 unspecified atom stereocenters. The molecule has 502 valence electrons. The van der Waals surface area contributed by atoms with E-state index < -0.39 is 49.5 Å². The molecular formula is C78H137NO8. The summed E-state index contributed by atoms with van der Waals surface area (Å²) < 4.78 is 11.3. The van der Waals surface area contributed by atoms with Gasteiger partial charge < -0.3 is 40.3 Å². The number of allylic oxidation sites excluding steroid dienone is 17. The summed E-state index contributed by atoms with van der Waals surface area (Å²) in [4.78, 5) is 13.1. The van der Waals surface area contributed by atoms with Crippen molar-refractivity contribution in [3.05, 3.63) is 109 Å². The molecule has 6 N–H and O–H groups in total. The lowest BCUT2D eigenvalue weighted by molar-refractivity contribution is -0.302. The van der Waals surface area contributed by atoms with E-state index in [1.807, 2.05) is 6.08 Å². The van der Waals surface area contributed by atoms with Crippen LogP contribution in [0.3, 0.4) is 0 Å². The smallest absolute Gasteiger partial charge is 0.220 e. The Morgan fingerprint density at radius 3 is 1.10 bits per heavy atom. The van der Waals surface area contributed by atoms with E-state index in [4.69, 9.17) is 9.47 Å². The van der Waals surface area contributed by atoms with E-state index in [-0.39, 0.29) is 12.5 Å². The fourth-order valence-electron chi connectivity index (χ4n) is 11.1. The molecule has 9 heteroatoms. The predicted molar refractivity (Wildman–Crippen MR) is 373 cm³/mol. The van der Waals surface area contributed by atoms with Crippen molar-refractivity contribution >= 4 is 5.91 Å². The van der Waals surface area contributed by atoms with E-state index in [1.165, 1.54) is 218 Å². The molecule has 0 radical (unpaired) electrons. The average molecular weight is 1220 g/mol. The van der Waals surface area contributed by atoms with Crippen LogP contribution in [-0.2, 0) is 14.3 Å². The van der Waals surface area contributed by atoms with Crippen molar-refractivity contribution in [2.24, 2.45) is 0 Å². The van der Waals surface area contributed by atoms with Crippen LogP contribution in [0, 0.1) is 0 Å². The molecule has 1 amide bonds. The van der Waals surface area contributed by atoms with E-state index in [9.17, 15) is 30.3 Å². The molecule has 1 saturated heterocycles. The standard InChI is InChI=1S/C78H137NO8/c1-3-5-7-9-11-13-15-17-19-21-23-25-27-29-31-33-34-35-36-37-38-40-42-44-46-48-50-52-54-56-58-60-62-64-66-68-74(82)79-71(70-86-78-77(85)76(84)75(83)73(69-80)87-78)72(81)67-65-63-61-59-57-55-53-51-49-47-45-43-41-39-32-30-28-26-24-22-20-18-16-14-12-10-8-6-4-2/h5,7,11,13,17,19,23,25,29,31,34-35,49,51,57,59,65,67,71-73,75-78,80-81,83-85H,3-4,6,8-10,12,14-16,18,20-22,24,26-28,30,32-33,36-48,50,52-56,58,60-64,66,68-70H2,1-2H3,(H,79,82)/b7-5-,13-11-,19-17-,25-23-,31-29-,35-34-,51-49+,59-57+,67-65+. The highest BCUT2D eigenvalue weighted by atomic mass is 16.7. The molecule has 0 aromatic heterocycles. The highest BCUT2D eigenvalue weighted by Crippen LogP contribution is 2.23. The zero-order valence-electron chi connectivity index (χ0n) is 56.2. The van der Waals surface area contributed by atoms with Crippen molar-refractivity contribution in [1.82, 2.24) is 5.32 Å². The largest absolute Gasteiger partial charge is 0.394 e. The summed E-state index contributed by atoms with van der Waals surface area (Å²) in [5.41, 5.74) is 0. The lowest BCUT2D eigenvalue weighted by Crippen LogP contribution is -2.60. The van der Waals surface area contributed by atoms with Crippen molar-refractivity contribution in [1.29, 1.82) is 0 Å². The monoisotopic (exact) mass is 1220 g/mol. The molecule has 1 aliphatic rings. The van der Waals surface area contributed by atoms with Gasteiger partial charge in [0.25, 0.3) is 0 Å². The third kappa shape index (κ3) is 54.3. The molecule has 1 rings (SSSR count). The highest BCUT2D eigenvalue weighted by Gasteiger charge is 2.44. The third-order valence-electron chi connectivity index (χ3n) is 16.8. The number of aliphatic hydroxyl groups is 5. The van der Waals surface area contributed by atoms with Crippen LogP contribution in [0.15, 0.2) is 109 Å². The molecule has 7 atom stereocenters. The fraction of sp³-hybridized carbons (Fsp3) is 0.756. The summed E-state index contributed by atoms with van der Waals surface area (Å²) in [6, 6.07) is -0.836. The first-order valence-electron chi connectivity index (χ1n) is 36.6. The normalized spacial score (nSPS) is 18.6. The summed E-state index contributed by atoms with van der Waals surface area (Å²) in [7, 11) is 0. The SMILES string of the molecule is CC/C=C\C/C=C\C/C=C\C/C=C\C/C=C\C/C=C\CCCCCCCCCCCCCCCCCCC(=O)NC(COC1OC(CO)C(O)C(O)C1O)C(O)/C=C/CC/C=C/CC/C=C/CCCCCCCCCCCCCCCCCCCCC. The minimum absolute atomic E-state index is 0.191. The molecule has 0 aromatic rings. The van der Waals surface area contributed by atoms with Crippen molar-refractivity contribution in [3.8, 4) is 0 Å². The topological polar surface area (TPSA) is 149 Å². The van der Waals surface area contributed by atoms with Gasteiger partial charge in [-0.15, -0.1) is 0 Å². The van der Waals surface area contributed by atoms with Gasteiger partial charge in [-0.1, -0.05) is 329 Å². The number of carbonyl (C=O) groups excluding carboxylic acids is 1. The van der Waals surface area contributed by atoms with E-state index in [2.05, 4.69) is 116 Å². The van der Waals surface area contributed by atoms with Crippen molar-refractivity contribution < 1.29 is 39.8 Å². The van der Waals surface area contributed by atoms with Crippen molar-refractivity contribution in [2.45, 2.75) is 365 Å². The van der Waals surface area contributed by atoms with Crippen molar-refractivity contribution in [3.63, 3.8) is 0 Å². The molecule has 1 heterocycles. The minimum Gasteiger partial charge on any atom is -0.394 e. The maximum Gasteiger partial charge on any atom is 0.220 e. The number of rotatable bonds is 63. The van der Waals surface area contributed by atoms with E-state index in [0.717, 1.165) is 83.5 Å². The second-order valence-electron chi connectivity index (χ2n) is 25.0. The van der Waals surface area contributed by atoms with Crippen LogP contribution in [0.25, 0.3) is 0 Å². The van der Waals surface area contributed by atoms with Gasteiger partial charge in [0.1, 0.15) is 24.4 Å². The highest BCUT2D eigenvalue weighted by molar-refractivity contribution is 5.76. The number of nitrogens with one attached hydrogen (secondary N) is 1. The number of unbranched alkanes of at least 4 members (excludes halogenated alkanes) is 37. The zero-order chi connectivity index (χ0) is 62.8. The maximum absolute atomic E-state index is 13.1. The lowest BCUT2D eigenvalue weighted by Gasteiger charge is -2.40. The molecule has 1 aliphatic heterocycles. The Balaban J connectivity index is 2.15. The van der Waals surface area contributed by atoms with Crippen LogP contribution in [-0.4, -0.2) is 87.5 Å². The van der Waals surface area contributed by atoms with Crippen molar-refractivity contribution in [2.75, 3.05) is 13.2 Å². The number of hydrogen-bond donors (Lipinski definition) is 6. The molecule has 1 fully saturated rings. The molecule has 0 bridgehead atoms. The second kappa shape index (κ2) is 65.8. The first kappa shape index (κ1) is 81.9. The van der Waals surface area contributed by atoms with Crippen LogP contribution in [0.4, 0.5) is 0 Å². The molecule has 0 saturated carbocycles. The van der Waals surface area contributed by atoms with Crippen LogP contribution in [0.2, 0.25) is 0 Å². The second-order valence-corrected chi connectivity index (χ2v) is 25.0. The molecule has 0 aliphatic carbocycles. The van der Waals surface area contributed by atoms with Crippen LogP contribution in [0.1, 0.15) is 322 Å². The number of hydrogen-bond acceptors (Lipinski definition) is 8. The van der Waals surface area contributed by atoms with Gasteiger partial charge in [-0.3, -0.25) is 4.79 Å². The fourth-order valence-corrected chi connectivity index (χ4v) is 11.1. The Morgan fingerprint density at radius 2 is 0.724 bits per heavy atom. The molecule has 9 nitrogen and oxygen atoms in total. The molecule has 87 heavy (non-hydrogen) atoms. The number of amides is 1. The first-order chi connectivity index (χ1) is 42.8. The summed E-state index contributed by atoms with van der Waals surface area (Å²) in [6.07, 6.45) is 90.6. The zero-order valence-corrected chi connectivity index (χ0v) is 56.2. The van der Waals surface area contributed by atoms with Gasteiger partial charge >= 0.3 is 0 Å². The molecule has 0 spiro atoms. The quantitative estimate of drug-likeness (QED) is 0.0261. The lowest BCUT2D eigenvalue weighted by atomic mass is 9.99. The van der Waals surface area contributed by atoms with Gasteiger partial charge in [-0.25, -0.2) is 0 Å². The number of ether oxygens (including phenoxy) is 2. The summed E-state index contributed by atoms with van der Waals surface area (Å²) in [5.74, 6) is -0.191. The Kier molecular flexibility index (Phi) is 61.9. The van der Waals surface area contributed by atoms with Gasteiger partial charge in [0.05, 0.1) is 25.4 Å². The van der Waals surface area contributed by atoms with E-state index in [1.54, 1.807) is 6.08 Å².